The van der Waals surface area contributed by atoms with Crippen molar-refractivity contribution in [2.24, 2.45) is 0 Å². The van der Waals surface area contributed by atoms with Crippen molar-refractivity contribution >= 4 is 34.0 Å². The van der Waals surface area contributed by atoms with Crippen molar-refractivity contribution in [1.29, 1.82) is 10.5 Å². The predicted molar refractivity (Wildman–Crippen MR) is 73.7 cm³/mol. The third kappa shape index (κ3) is 4.06. The van der Waals surface area contributed by atoms with Gasteiger partial charge in [0.1, 0.15) is 17.7 Å². The second-order valence-corrected chi connectivity index (χ2v) is 4.69. The SMILES string of the molecule is N#CC(C#N)=CNc1c(I)cc([N+](=O)[O-])cc1C(F)(F)F. The van der Waals surface area contributed by atoms with Crippen LogP contribution >= 0.6 is 22.6 Å². The molecule has 0 aromatic heterocycles. The fraction of sp³-hybridized carbons (Fsp3) is 0.0909. The number of nitro groups is 1. The zero-order valence-electron chi connectivity index (χ0n) is 9.90. The molecule has 108 valence electrons. The number of nitrogens with zero attached hydrogens (tertiary/aromatic N) is 3. The Bertz CT molecular complexity index is 685. The quantitative estimate of drug-likeness (QED) is 0.357. The van der Waals surface area contributed by atoms with Crippen molar-refractivity contribution < 1.29 is 18.1 Å². The van der Waals surface area contributed by atoms with Gasteiger partial charge >= 0.3 is 6.18 Å². The van der Waals surface area contributed by atoms with E-state index in [4.69, 9.17) is 10.5 Å². The number of benzene rings is 1. The summed E-state index contributed by atoms with van der Waals surface area (Å²) in [5.74, 6) is 0. The number of alkyl halides is 3. The van der Waals surface area contributed by atoms with E-state index in [1.807, 2.05) is 0 Å². The van der Waals surface area contributed by atoms with E-state index in [1.165, 1.54) is 34.7 Å². The molecule has 1 rings (SSSR count). The van der Waals surface area contributed by atoms with Gasteiger partial charge in [-0.2, -0.15) is 23.7 Å². The van der Waals surface area contributed by atoms with Crippen LogP contribution in [-0.2, 0) is 6.18 Å². The highest BCUT2D eigenvalue weighted by Crippen LogP contribution is 2.39. The summed E-state index contributed by atoms with van der Waals surface area (Å²) in [6, 6.07) is 4.28. The molecule has 0 bridgehead atoms. The van der Waals surface area contributed by atoms with Crippen LogP contribution in [0.1, 0.15) is 5.56 Å². The third-order valence-corrected chi connectivity index (χ3v) is 3.04. The van der Waals surface area contributed by atoms with Crippen molar-refractivity contribution in [3.8, 4) is 12.1 Å². The van der Waals surface area contributed by atoms with E-state index in [1.54, 1.807) is 0 Å². The fourth-order valence-electron chi connectivity index (χ4n) is 1.30. The molecule has 0 atom stereocenters. The van der Waals surface area contributed by atoms with Gasteiger partial charge in [0.15, 0.2) is 0 Å². The van der Waals surface area contributed by atoms with Crippen LogP contribution in [0, 0.1) is 36.3 Å². The number of hydrogen-bond donors (Lipinski definition) is 1. The first-order valence-corrected chi connectivity index (χ1v) is 6.10. The van der Waals surface area contributed by atoms with Gasteiger partial charge < -0.3 is 5.32 Å². The highest BCUT2D eigenvalue weighted by atomic mass is 127. The highest BCUT2D eigenvalue weighted by molar-refractivity contribution is 14.1. The van der Waals surface area contributed by atoms with Crippen molar-refractivity contribution in [3.05, 3.63) is 43.2 Å². The van der Waals surface area contributed by atoms with E-state index >= 15 is 0 Å². The molecule has 0 aliphatic carbocycles. The van der Waals surface area contributed by atoms with Crippen LogP contribution in [0.3, 0.4) is 0 Å². The first-order chi connectivity index (χ1) is 9.70. The number of nitro benzene ring substituents is 1. The smallest absolute Gasteiger partial charge is 0.358 e. The van der Waals surface area contributed by atoms with Gasteiger partial charge in [-0.1, -0.05) is 0 Å². The molecule has 0 spiro atoms. The number of nitriles is 2. The Morgan fingerprint density at radius 2 is 1.95 bits per heavy atom. The van der Waals surface area contributed by atoms with Crippen LogP contribution in [0.4, 0.5) is 24.5 Å². The van der Waals surface area contributed by atoms with E-state index in [2.05, 4.69) is 5.32 Å². The van der Waals surface area contributed by atoms with Crippen LogP contribution in [-0.4, -0.2) is 4.92 Å². The number of hydrogen-bond acceptors (Lipinski definition) is 5. The lowest BCUT2D eigenvalue weighted by Crippen LogP contribution is -2.11. The molecule has 21 heavy (non-hydrogen) atoms. The molecular weight excluding hydrogens is 404 g/mol. The summed E-state index contributed by atoms with van der Waals surface area (Å²) in [6.45, 7) is 0. The lowest BCUT2D eigenvalue weighted by atomic mass is 10.1. The van der Waals surface area contributed by atoms with Gasteiger partial charge in [-0.05, 0) is 22.6 Å². The van der Waals surface area contributed by atoms with Gasteiger partial charge in [-0.3, -0.25) is 10.1 Å². The van der Waals surface area contributed by atoms with Gasteiger partial charge in [0.2, 0.25) is 0 Å². The van der Waals surface area contributed by atoms with Crippen LogP contribution in [0.25, 0.3) is 0 Å². The molecule has 0 radical (unpaired) electrons. The Kier molecular flexibility index (Phi) is 5.10. The summed E-state index contributed by atoms with van der Waals surface area (Å²) < 4.78 is 38.8. The van der Waals surface area contributed by atoms with Gasteiger partial charge in [0, 0.05) is 21.9 Å². The number of nitrogens with one attached hydrogen (secondary N) is 1. The minimum absolute atomic E-state index is 0.0689. The van der Waals surface area contributed by atoms with Crippen molar-refractivity contribution in [3.63, 3.8) is 0 Å². The van der Waals surface area contributed by atoms with Crippen LogP contribution in [0.15, 0.2) is 23.9 Å². The summed E-state index contributed by atoms with van der Waals surface area (Å²) in [5, 5.41) is 29.9. The minimum Gasteiger partial charge on any atom is -0.358 e. The van der Waals surface area contributed by atoms with Crippen LogP contribution in [0.5, 0.6) is 0 Å². The van der Waals surface area contributed by atoms with E-state index in [-0.39, 0.29) is 3.57 Å². The number of anilines is 1. The maximum atomic E-state index is 12.9. The molecule has 1 N–H and O–H groups in total. The first kappa shape index (κ1) is 16.7. The molecule has 10 heteroatoms. The maximum Gasteiger partial charge on any atom is 0.418 e. The second kappa shape index (κ2) is 6.41. The molecule has 1 aromatic rings. The van der Waals surface area contributed by atoms with E-state index in [9.17, 15) is 23.3 Å². The van der Waals surface area contributed by atoms with Crippen molar-refractivity contribution in [1.82, 2.24) is 0 Å². The summed E-state index contributed by atoms with van der Waals surface area (Å²) in [5.41, 5.74) is -2.86. The highest BCUT2D eigenvalue weighted by Gasteiger charge is 2.36. The lowest BCUT2D eigenvalue weighted by Gasteiger charge is -2.14. The van der Waals surface area contributed by atoms with Crippen molar-refractivity contribution in [2.45, 2.75) is 6.18 Å². The van der Waals surface area contributed by atoms with Gasteiger partial charge in [0.05, 0.1) is 16.2 Å². The Labute approximate surface area is 129 Å². The summed E-state index contributed by atoms with van der Waals surface area (Å²) in [6.07, 6.45) is -4.03. The van der Waals surface area contributed by atoms with Crippen LogP contribution < -0.4 is 5.32 Å². The molecule has 0 unspecified atom stereocenters. The monoisotopic (exact) mass is 408 g/mol. The Balaban J connectivity index is 3.45. The predicted octanol–water partition coefficient (Wildman–Crippen LogP) is 3.56. The van der Waals surface area contributed by atoms with E-state index in [0.29, 0.717) is 6.07 Å². The number of rotatable bonds is 3. The molecule has 6 nitrogen and oxygen atoms in total. The summed E-state index contributed by atoms with van der Waals surface area (Å²) >= 11 is 1.49. The Hall–Kier alpha value is -2.34. The Morgan fingerprint density at radius 3 is 2.38 bits per heavy atom. The van der Waals surface area contributed by atoms with E-state index in [0.717, 1.165) is 12.3 Å². The number of allylic oxidation sites excluding steroid dienone is 1. The fourth-order valence-corrected chi connectivity index (χ4v) is 2.07. The largest absolute Gasteiger partial charge is 0.418 e. The average Bonchev–Trinajstić information content (AvgIpc) is 2.39. The van der Waals surface area contributed by atoms with E-state index < -0.39 is 33.6 Å². The minimum atomic E-state index is -4.83. The van der Waals surface area contributed by atoms with Gasteiger partial charge in [-0.15, -0.1) is 0 Å². The standard InChI is InChI=1S/C11H4F3IN4O2/c12-11(13,14)8-1-7(19(20)21)2-9(15)10(8)18-5-6(3-16)4-17/h1-2,5,18H. The zero-order chi connectivity index (χ0) is 16.2. The van der Waals surface area contributed by atoms with Crippen molar-refractivity contribution in [2.75, 3.05) is 5.32 Å². The molecule has 0 aliphatic heterocycles. The average molecular weight is 408 g/mol. The molecular formula is C11H4F3IN4O2. The number of non-ortho nitro benzene ring substituents is 1. The molecule has 0 saturated heterocycles. The maximum absolute atomic E-state index is 12.9. The van der Waals surface area contributed by atoms with Gasteiger partial charge in [0.25, 0.3) is 5.69 Å². The molecule has 0 heterocycles. The first-order valence-electron chi connectivity index (χ1n) is 5.02. The normalized spacial score (nSPS) is 10.2. The Morgan fingerprint density at radius 1 is 1.38 bits per heavy atom. The molecule has 0 aliphatic rings. The molecule has 0 fully saturated rings. The van der Waals surface area contributed by atoms with Gasteiger partial charge in [-0.25, -0.2) is 0 Å². The zero-order valence-corrected chi connectivity index (χ0v) is 12.1. The molecule has 0 saturated carbocycles. The lowest BCUT2D eigenvalue weighted by molar-refractivity contribution is -0.385. The molecule has 0 amide bonds. The third-order valence-electron chi connectivity index (χ3n) is 2.19. The summed E-state index contributed by atoms with van der Waals surface area (Å²) in [7, 11) is 0. The number of halogens is 4. The van der Waals surface area contributed by atoms with Crippen LogP contribution in [0.2, 0.25) is 0 Å². The summed E-state index contributed by atoms with van der Waals surface area (Å²) in [4.78, 5) is 9.68. The topological polar surface area (TPSA) is 103 Å². The molecule has 1 aromatic carbocycles. The second-order valence-electron chi connectivity index (χ2n) is 3.53.